The highest BCUT2D eigenvalue weighted by molar-refractivity contribution is 7.92. The minimum atomic E-state index is -3.94. The van der Waals surface area contributed by atoms with Gasteiger partial charge in [-0.2, -0.15) is 0 Å². The van der Waals surface area contributed by atoms with E-state index in [4.69, 9.17) is 11.6 Å². The Labute approximate surface area is 246 Å². The lowest BCUT2D eigenvalue weighted by molar-refractivity contribution is -0.140. The van der Waals surface area contributed by atoms with E-state index in [0.717, 1.165) is 41.8 Å². The third kappa shape index (κ3) is 8.07. The van der Waals surface area contributed by atoms with E-state index in [1.807, 2.05) is 30.3 Å². The van der Waals surface area contributed by atoms with Gasteiger partial charge >= 0.3 is 0 Å². The Morgan fingerprint density at radius 2 is 1.68 bits per heavy atom. The normalized spacial score (nSPS) is 14.4. The molecule has 1 aliphatic rings. The lowest BCUT2D eigenvalue weighted by Gasteiger charge is -2.34. The van der Waals surface area contributed by atoms with Crippen molar-refractivity contribution in [3.8, 4) is 0 Å². The zero-order chi connectivity index (χ0) is 29.6. The number of carbonyl (C=O) groups excluding carboxylic acids is 2. The lowest BCUT2D eigenvalue weighted by Crippen LogP contribution is -2.54. The number of sulfonamides is 1. The van der Waals surface area contributed by atoms with E-state index in [9.17, 15) is 22.4 Å². The van der Waals surface area contributed by atoms with Gasteiger partial charge in [-0.15, -0.1) is 0 Å². The molecule has 2 amide bonds. The first-order chi connectivity index (χ1) is 19.5. The van der Waals surface area contributed by atoms with Crippen LogP contribution >= 0.6 is 11.6 Å². The maximum atomic E-state index is 14.9. The number of nitrogens with one attached hydrogen (secondary N) is 1. The van der Waals surface area contributed by atoms with Crippen molar-refractivity contribution in [2.24, 2.45) is 0 Å². The molecule has 0 radical (unpaired) electrons. The fourth-order valence-corrected chi connectivity index (χ4v) is 6.24. The van der Waals surface area contributed by atoms with Crippen molar-refractivity contribution in [2.75, 3.05) is 17.1 Å². The lowest BCUT2D eigenvalue weighted by atomic mass is 10.0. The number of carbonyl (C=O) groups is 2. The summed E-state index contributed by atoms with van der Waals surface area (Å²) >= 11 is 6.19. The monoisotopic (exact) mass is 599 g/mol. The van der Waals surface area contributed by atoms with Crippen molar-refractivity contribution >= 4 is 39.1 Å². The second-order valence-electron chi connectivity index (χ2n) is 10.5. The third-order valence-corrected chi connectivity index (χ3v) is 8.75. The second kappa shape index (κ2) is 13.5. The molecule has 0 unspecified atom stereocenters. The molecule has 218 valence electrons. The van der Waals surface area contributed by atoms with Crippen LogP contribution in [0, 0.1) is 12.7 Å². The maximum absolute atomic E-state index is 14.9. The summed E-state index contributed by atoms with van der Waals surface area (Å²) in [5.74, 6) is -1.51. The van der Waals surface area contributed by atoms with Gasteiger partial charge in [-0.05, 0) is 49.1 Å². The number of anilines is 1. The fourth-order valence-electron chi connectivity index (χ4n) is 5.18. The van der Waals surface area contributed by atoms with Gasteiger partial charge in [0.05, 0.1) is 11.9 Å². The van der Waals surface area contributed by atoms with Gasteiger partial charge in [0, 0.05) is 29.6 Å². The van der Waals surface area contributed by atoms with Gasteiger partial charge in [-0.1, -0.05) is 79.0 Å². The Kier molecular flexibility index (Phi) is 10.0. The molecule has 1 N–H and O–H groups in total. The number of nitrogens with zero attached hydrogens (tertiary/aromatic N) is 2. The molecule has 0 aliphatic heterocycles. The van der Waals surface area contributed by atoms with Gasteiger partial charge in [-0.3, -0.25) is 13.9 Å². The highest BCUT2D eigenvalue weighted by Crippen LogP contribution is 2.27. The summed E-state index contributed by atoms with van der Waals surface area (Å²) in [6.45, 7) is 0.919. The van der Waals surface area contributed by atoms with Crippen LogP contribution in [0.15, 0.2) is 72.8 Å². The van der Waals surface area contributed by atoms with E-state index >= 15 is 0 Å². The Hall–Kier alpha value is -3.43. The van der Waals surface area contributed by atoms with Crippen LogP contribution in [-0.2, 0) is 32.6 Å². The molecule has 1 atom stereocenters. The smallest absolute Gasteiger partial charge is 0.244 e. The summed E-state index contributed by atoms with van der Waals surface area (Å²) < 4.78 is 41.8. The first-order valence-electron chi connectivity index (χ1n) is 13.6. The summed E-state index contributed by atoms with van der Waals surface area (Å²) in [5, 5.41) is 3.40. The van der Waals surface area contributed by atoms with Gasteiger partial charge in [0.15, 0.2) is 0 Å². The summed E-state index contributed by atoms with van der Waals surface area (Å²) in [6.07, 6.45) is 4.90. The van der Waals surface area contributed by atoms with Crippen LogP contribution < -0.4 is 9.62 Å². The number of amides is 2. The molecular weight excluding hydrogens is 565 g/mol. The predicted octanol–water partition coefficient (Wildman–Crippen LogP) is 5.25. The Balaban J connectivity index is 1.75. The van der Waals surface area contributed by atoms with Crippen LogP contribution in [-0.4, -0.2) is 50.0 Å². The Morgan fingerprint density at radius 3 is 2.34 bits per heavy atom. The van der Waals surface area contributed by atoms with Crippen LogP contribution in [0.3, 0.4) is 0 Å². The van der Waals surface area contributed by atoms with Gasteiger partial charge < -0.3 is 10.2 Å². The highest BCUT2D eigenvalue weighted by Gasteiger charge is 2.35. The summed E-state index contributed by atoms with van der Waals surface area (Å²) in [4.78, 5) is 29.3. The second-order valence-corrected chi connectivity index (χ2v) is 12.9. The number of hydrogen-bond donors (Lipinski definition) is 1. The molecule has 3 aromatic carbocycles. The zero-order valence-corrected chi connectivity index (χ0v) is 24.8. The quantitative estimate of drug-likeness (QED) is 0.326. The van der Waals surface area contributed by atoms with Crippen molar-refractivity contribution < 1.29 is 22.4 Å². The number of hydrogen-bond acceptors (Lipinski definition) is 4. The topological polar surface area (TPSA) is 86.8 Å². The largest absolute Gasteiger partial charge is 0.352 e. The van der Waals surface area contributed by atoms with Gasteiger partial charge in [0.2, 0.25) is 21.8 Å². The van der Waals surface area contributed by atoms with E-state index in [-0.39, 0.29) is 36.2 Å². The highest BCUT2D eigenvalue weighted by atomic mass is 35.5. The van der Waals surface area contributed by atoms with Crippen molar-refractivity contribution in [3.05, 3.63) is 100 Å². The standard InChI is InChI=1S/C31H35ClFN3O4S/c1-22-16-17-25(32)19-28(22)36(41(2,39)40)21-30(37)35(20-24-12-6-9-15-27(24)33)29(18-23-10-4-3-5-11-23)31(38)34-26-13-7-8-14-26/h3-6,9-12,15-17,19,26,29H,7-8,13-14,18,20-21H2,1-2H3,(H,34,38)/t29-/m1/s1. The molecular formula is C31H35ClFN3O4S. The molecule has 0 bridgehead atoms. The van der Waals surface area contributed by atoms with Crippen molar-refractivity contribution in [1.29, 1.82) is 0 Å². The van der Waals surface area contributed by atoms with Crippen LogP contribution in [0.5, 0.6) is 0 Å². The first kappa shape index (κ1) is 30.5. The van der Waals surface area contributed by atoms with Crippen LogP contribution in [0.25, 0.3) is 0 Å². The molecule has 0 saturated heterocycles. The van der Waals surface area contributed by atoms with E-state index in [0.29, 0.717) is 10.6 Å². The van der Waals surface area contributed by atoms with E-state index < -0.39 is 34.3 Å². The first-order valence-corrected chi connectivity index (χ1v) is 15.9. The number of halogens is 2. The van der Waals surface area contributed by atoms with Crippen LogP contribution in [0.1, 0.15) is 42.4 Å². The fraction of sp³-hybridized carbons (Fsp3) is 0.355. The zero-order valence-electron chi connectivity index (χ0n) is 23.2. The molecule has 1 saturated carbocycles. The number of rotatable bonds is 11. The summed E-state index contributed by atoms with van der Waals surface area (Å²) in [7, 11) is -3.94. The van der Waals surface area contributed by atoms with Crippen LogP contribution in [0.2, 0.25) is 5.02 Å². The molecule has 10 heteroatoms. The molecule has 41 heavy (non-hydrogen) atoms. The Bertz CT molecular complexity index is 1480. The van der Waals surface area contributed by atoms with E-state index in [2.05, 4.69) is 5.32 Å². The summed E-state index contributed by atoms with van der Waals surface area (Å²) in [5.41, 5.74) is 1.90. The van der Waals surface area contributed by atoms with Crippen molar-refractivity contribution in [1.82, 2.24) is 10.2 Å². The van der Waals surface area contributed by atoms with Crippen molar-refractivity contribution in [3.63, 3.8) is 0 Å². The Morgan fingerprint density at radius 1 is 1.02 bits per heavy atom. The SMILES string of the molecule is Cc1ccc(Cl)cc1N(CC(=O)N(Cc1ccccc1F)[C@H](Cc1ccccc1)C(=O)NC1CCCC1)S(C)(=O)=O. The molecule has 1 aliphatic carbocycles. The molecule has 7 nitrogen and oxygen atoms in total. The molecule has 0 spiro atoms. The number of benzene rings is 3. The van der Waals surface area contributed by atoms with E-state index in [1.165, 1.54) is 17.0 Å². The minimum Gasteiger partial charge on any atom is -0.352 e. The van der Waals surface area contributed by atoms with Gasteiger partial charge in [-0.25, -0.2) is 12.8 Å². The van der Waals surface area contributed by atoms with Gasteiger partial charge in [0.1, 0.15) is 18.4 Å². The maximum Gasteiger partial charge on any atom is 0.244 e. The predicted molar refractivity (Wildman–Crippen MR) is 160 cm³/mol. The van der Waals surface area contributed by atoms with E-state index in [1.54, 1.807) is 37.3 Å². The van der Waals surface area contributed by atoms with Crippen molar-refractivity contribution in [2.45, 2.75) is 57.7 Å². The third-order valence-electron chi connectivity index (χ3n) is 7.39. The molecule has 4 rings (SSSR count). The molecule has 0 heterocycles. The molecule has 3 aromatic rings. The summed E-state index contributed by atoms with van der Waals surface area (Å²) in [6, 6.07) is 19.1. The average molecular weight is 600 g/mol. The minimum absolute atomic E-state index is 0.00665. The molecule has 0 aromatic heterocycles. The van der Waals surface area contributed by atoms with Gasteiger partial charge in [0.25, 0.3) is 0 Å². The average Bonchev–Trinajstić information content (AvgIpc) is 3.44. The molecule has 1 fully saturated rings. The van der Waals surface area contributed by atoms with Crippen LogP contribution in [0.4, 0.5) is 10.1 Å². The number of aryl methyl sites for hydroxylation is 1.